The van der Waals surface area contributed by atoms with Crippen LogP contribution in [0.1, 0.15) is 29.8 Å². The minimum Gasteiger partial charge on any atom is -0.352 e. The Morgan fingerprint density at radius 3 is 2.50 bits per heavy atom. The van der Waals surface area contributed by atoms with Crippen LogP contribution in [0.3, 0.4) is 0 Å². The van der Waals surface area contributed by atoms with Gasteiger partial charge in [-0.05, 0) is 30.5 Å². The number of primary sulfonamides is 1. The van der Waals surface area contributed by atoms with Crippen molar-refractivity contribution in [2.24, 2.45) is 11.1 Å². The lowest BCUT2D eigenvalue weighted by atomic mass is 10.1. The highest BCUT2D eigenvalue weighted by molar-refractivity contribution is 7.89. The molecule has 1 rings (SSSR count). The van der Waals surface area contributed by atoms with Gasteiger partial charge in [0.05, 0.1) is 4.90 Å². The van der Waals surface area contributed by atoms with Gasteiger partial charge in [-0.2, -0.15) is 0 Å². The molecule has 5 nitrogen and oxygen atoms in total. The molecule has 0 atom stereocenters. The minimum atomic E-state index is -3.79. The molecule has 6 heteroatoms. The molecule has 0 spiro atoms. The molecule has 100 valence electrons. The lowest BCUT2D eigenvalue weighted by Gasteiger charge is -2.10. The van der Waals surface area contributed by atoms with Crippen LogP contribution in [0.15, 0.2) is 23.1 Å². The molecule has 1 aromatic carbocycles. The summed E-state index contributed by atoms with van der Waals surface area (Å²) >= 11 is 0. The molecule has 0 aliphatic rings. The van der Waals surface area contributed by atoms with E-state index in [2.05, 4.69) is 5.32 Å². The topological polar surface area (TPSA) is 89.3 Å². The molecule has 0 heterocycles. The third-order valence-electron chi connectivity index (χ3n) is 2.45. The SMILES string of the molecule is Cc1ccc(S(N)(=O)=O)cc1C(=O)NCC(C)C. The van der Waals surface area contributed by atoms with Gasteiger partial charge in [-0.15, -0.1) is 0 Å². The highest BCUT2D eigenvalue weighted by Crippen LogP contribution is 2.14. The van der Waals surface area contributed by atoms with Crippen LogP contribution < -0.4 is 10.5 Å². The van der Waals surface area contributed by atoms with E-state index in [4.69, 9.17) is 5.14 Å². The smallest absolute Gasteiger partial charge is 0.251 e. The Labute approximate surface area is 107 Å². The fraction of sp³-hybridized carbons (Fsp3) is 0.417. The van der Waals surface area contributed by atoms with Gasteiger partial charge in [-0.3, -0.25) is 4.79 Å². The van der Waals surface area contributed by atoms with Crippen molar-refractivity contribution < 1.29 is 13.2 Å². The zero-order valence-electron chi connectivity index (χ0n) is 10.7. The zero-order chi connectivity index (χ0) is 13.9. The van der Waals surface area contributed by atoms with Gasteiger partial charge in [0.2, 0.25) is 10.0 Å². The van der Waals surface area contributed by atoms with Crippen molar-refractivity contribution >= 4 is 15.9 Å². The van der Waals surface area contributed by atoms with Gasteiger partial charge in [0.1, 0.15) is 0 Å². The number of sulfonamides is 1. The number of amides is 1. The first-order valence-electron chi connectivity index (χ1n) is 5.63. The largest absolute Gasteiger partial charge is 0.352 e. The van der Waals surface area contributed by atoms with Crippen molar-refractivity contribution in [2.45, 2.75) is 25.7 Å². The van der Waals surface area contributed by atoms with Crippen LogP contribution in [0, 0.1) is 12.8 Å². The summed E-state index contributed by atoms with van der Waals surface area (Å²) in [6, 6.07) is 4.27. The molecule has 0 fully saturated rings. The number of carbonyl (C=O) groups is 1. The highest BCUT2D eigenvalue weighted by Gasteiger charge is 2.14. The molecule has 0 radical (unpaired) electrons. The van der Waals surface area contributed by atoms with Crippen molar-refractivity contribution in [2.75, 3.05) is 6.54 Å². The van der Waals surface area contributed by atoms with E-state index in [1.165, 1.54) is 12.1 Å². The first-order chi connectivity index (χ1) is 8.21. The van der Waals surface area contributed by atoms with E-state index in [1.54, 1.807) is 13.0 Å². The van der Waals surface area contributed by atoms with Crippen molar-refractivity contribution in [1.29, 1.82) is 0 Å². The van der Waals surface area contributed by atoms with Gasteiger partial charge >= 0.3 is 0 Å². The Balaban J connectivity index is 3.05. The van der Waals surface area contributed by atoms with Crippen LogP contribution >= 0.6 is 0 Å². The summed E-state index contributed by atoms with van der Waals surface area (Å²) in [5, 5.41) is 7.78. The summed E-state index contributed by atoms with van der Waals surface area (Å²) in [6.07, 6.45) is 0. The van der Waals surface area contributed by atoms with Gasteiger partial charge in [0, 0.05) is 12.1 Å². The molecular weight excluding hydrogens is 252 g/mol. The van der Waals surface area contributed by atoms with Crippen molar-refractivity contribution in [3.63, 3.8) is 0 Å². The summed E-state index contributed by atoms with van der Waals surface area (Å²) < 4.78 is 22.5. The Hall–Kier alpha value is -1.40. The van der Waals surface area contributed by atoms with E-state index in [1.807, 2.05) is 13.8 Å². The second kappa shape index (κ2) is 5.49. The van der Waals surface area contributed by atoms with Crippen LogP contribution in [0.25, 0.3) is 0 Å². The molecule has 0 unspecified atom stereocenters. The quantitative estimate of drug-likeness (QED) is 0.856. The number of hydrogen-bond donors (Lipinski definition) is 2. The molecule has 0 aliphatic carbocycles. The van der Waals surface area contributed by atoms with Crippen molar-refractivity contribution in [1.82, 2.24) is 5.32 Å². The van der Waals surface area contributed by atoms with E-state index in [-0.39, 0.29) is 10.8 Å². The van der Waals surface area contributed by atoms with Gasteiger partial charge in [-0.1, -0.05) is 19.9 Å². The standard InChI is InChI=1S/C12H18N2O3S/c1-8(2)7-14-12(15)11-6-10(18(13,16)17)5-4-9(11)3/h4-6,8H,7H2,1-3H3,(H,14,15)(H2,13,16,17). The molecule has 0 bridgehead atoms. The van der Waals surface area contributed by atoms with E-state index >= 15 is 0 Å². The lowest BCUT2D eigenvalue weighted by Crippen LogP contribution is -2.28. The van der Waals surface area contributed by atoms with Crippen LogP contribution in [0.4, 0.5) is 0 Å². The van der Waals surface area contributed by atoms with E-state index in [0.717, 1.165) is 0 Å². The summed E-state index contributed by atoms with van der Waals surface area (Å²) in [5.74, 6) is 0.0439. The van der Waals surface area contributed by atoms with Gasteiger partial charge in [-0.25, -0.2) is 13.6 Å². The number of benzene rings is 1. The van der Waals surface area contributed by atoms with Crippen LogP contribution in [0.2, 0.25) is 0 Å². The monoisotopic (exact) mass is 270 g/mol. The maximum absolute atomic E-state index is 11.9. The first-order valence-corrected chi connectivity index (χ1v) is 7.18. The second-order valence-electron chi connectivity index (χ2n) is 4.63. The Morgan fingerprint density at radius 1 is 1.39 bits per heavy atom. The molecule has 0 saturated heterocycles. The van der Waals surface area contributed by atoms with Crippen LogP contribution in [0.5, 0.6) is 0 Å². The van der Waals surface area contributed by atoms with E-state index in [9.17, 15) is 13.2 Å². The molecule has 0 saturated carbocycles. The van der Waals surface area contributed by atoms with Gasteiger partial charge in [0.15, 0.2) is 0 Å². The molecule has 18 heavy (non-hydrogen) atoms. The maximum Gasteiger partial charge on any atom is 0.251 e. The Kier molecular flexibility index (Phi) is 4.48. The second-order valence-corrected chi connectivity index (χ2v) is 6.19. The third kappa shape index (κ3) is 3.82. The lowest BCUT2D eigenvalue weighted by molar-refractivity contribution is 0.0948. The van der Waals surface area contributed by atoms with Crippen molar-refractivity contribution in [3.05, 3.63) is 29.3 Å². The van der Waals surface area contributed by atoms with Gasteiger partial charge in [0.25, 0.3) is 5.91 Å². The highest BCUT2D eigenvalue weighted by atomic mass is 32.2. The molecule has 3 N–H and O–H groups in total. The molecular formula is C12H18N2O3S. The van der Waals surface area contributed by atoms with E-state index < -0.39 is 10.0 Å². The minimum absolute atomic E-state index is 0.0530. The summed E-state index contributed by atoms with van der Waals surface area (Å²) in [6.45, 7) is 6.25. The predicted molar refractivity (Wildman–Crippen MR) is 69.7 cm³/mol. The summed E-state index contributed by atoms with van der Waals surface area (Å²) in [4.78, 5) is 11.8. The number of aryl methyl sites for hydroxylation is 1. The van der Waals surface area contributed by atoms with E-state index in [0.29, 0.717) is 23.6 Å². The fourth-order valence-corrected chi connectivity index (χ4v) is 1.95. The Bertz CT molecular complexity index is 550. The Morgan fingerprint density at radius 2 is 2.00 bits per heavy atom. The normalized spacial score (nSPS) is 11.6. The number of nitrogens with one attached hydrogen (secondary N) is 1. The average Bonchev–Trinajstić information content (AvgIpc) is 2.24. The summed E-state index contributed by atoms with van der Waals surface area (Å²) in [5.41, 5.74) is 1.05. The number of nitrogens with two attached hydrogens (primary N) is 1. The molecule has 0 aliphatic heterocycles. The predicted octanol–water partition coefficient (Wildman–Crippen LogP) is 1.03. The summed E-state index contributed by atoms with van der Waals surface area (Å²) in [7, 11) is -3.79. The molecule has 1 amide bonds. The maximum atomic E-state index is 11.9. The number of hydrogen-bond acceptors (Lipinski definition) is 3. The van der Waals surface area contributed by atoms with Crippen LogP contribution in [-0.2, 0) is 10.0 Å². The third-order valence-corrected chi connectivity index (χ3v) is 3.36. The fourth-order valence-electron chi connectivity index (χ4n) is 1.41. The van der Waals surface area contributed by atoms with Crippen molar-refractivity contribution in [3.8, 4) is 0 Å². The zero-order valence-corrected chi connectivity index (χ0v) is 11.5. The molecule has 0 aromatic heterocycles. The van der Waals surface area contributed by atoms with Crippen LogP contribution in [-0.4, -0.2) is 20.9 Å². The van der Waals surface area contributed by atoms with Gasteiger partial charge < -0.3 is 5.32 Å². The number of carbonyl (C=O) groups excluding carboxylic acids is 1. The first kappa shape index (κ1) is 14.7. The molecule has 1 aromatic rings. The number of rotatable bonds is 4. The average molecular weight is 270 g/mol.